The normalized spacial score (nSPS) is 21.1. The summed E-state index contributed by atoms with van der Waals surface area (Å²) >= 11 is 6.12. The van der Waals surface area contributed by atoms with Crippen molar-refractivity contribution < 1.29 is 9.59 Å². The summed E-state index contributed by atoms with van der Waals surface area (Å²) in [5.41, 5.74) is 4.12. The van der Waals surface area contributed by atoms with E-state index in [4.69, 9.17) is 11.6 Å². The van der Waals surface area contributed by atoms with Gasteiger partial charge in [-0.1, -0.05) is 55.3 Å². The van der Waals surface area contributed by atoms with Crippen molar-refractivity contribution >= 4 is 34.3 Å². The standard InChI is InChI=1S/C24H24ClN3O2/c1-2-3-12-27-14-21(29)28-20(24(27)30)13-18-17-6-4-5-7-19(17)26-22(18)23(28)15-8-10-16(25)11-9-15/h4-11,20,23,26H,2-3,12-14H2,1H3/t20-,23+/m1/s1. The van der Waals surface area contributed by atoms with Crippen molar-refractivity contribution in [3.8, 4) is 0 Å². The molecular weight excluding hydrogens is 398 g/mol. The van der Waals surface area contributed by atoms with Crippen LogP contribution in [-0.2, 0) is 16.0 Å². The first kappa shape index (κ1) is 19.2. The van der Waals surface area contributed by atoms with Crippen molar-refractivity contribution in [3.63, 3.8) is 0 Å². The van der Waals surface area contributed by atoms with Crippen LogP contribution < -0.4 is 0 Å². The van der Waals surface area contributed by atoms with E-state index < -0.39 is 6.04 Å². The summed E-state index contributed by atoms with van der Waals surface area (Å²) in [6, 6.07) is 14.9. The van der Waals surface area contributed by atoms with Crippen LogP contribution in [0.25, 0.3) is 10.9 Å². The van der Waals surface area contributed by atoms with Crippen LogP contribution in [-0.4, -0.2) is 45.7 Å². The Morgan fingerprint density at radius 1 is 1.10 bits per heavy atom. The summed E-state index contributed by atoms with van der Waals surface area (Å²) in [5, 5.41) is 1.77. The average molecular weight is 422 g/mol. The minimum atomic E-state index is -0.476. The van der Waals surface area contributed by atoms with Gasteiger partial charge in [0.25, 0.3) is 0 Å². The highest BCUT2D eigenvalue weighted by molar-refractivity contribution is 6.30. The minimum Gasteiger partial charge on any atom is -0.356 e. The highest BCUT2D eigenvalue weighted by atomic mass is 35.5. The fourth-order valence-electron chi connectivity index (χ4n) is 4.85. The molecule has 2 atom stereocenters. The lowest BCUT2D eigenvalue weighted by molar-refractivity contribution is -0.158. The van der Waals surface area contributed by atoms with E-state index in [0.29, 0.717) is 18.0 Å². The number of amides is 2. The van der Waals surface area contributed by atoms with E-state index in [2.05, 4.69) is 18.0 Å². The number of halogens is 1. The highest BCUT2D eigenvalue weighted by Gasteiger charge is 2.47. The molecule has 1 aromatic heterocycles. The molecule has 0 aliphatic carbocycles. The van der Waals surface area contributed by atoms with Gasteiger partial charge in [0, 0.05) is 34.6 Å². The van der Waals surface area contributed by atoms with Crippen LogP contribution in [0.4, 0.5) is 0 Å². The first-order chi connectivity index (χ1) is 14.6. The van der Waals surface area contributed by atoms with E-state index in [-0.39, 0.29) is 24.4 Å². The van der Waals surface area contributed by atoms with E-state index in [0.717, 1.165) is 40.6 Å². The molecule has 1 saturated heterocycles. The number of benzene rings is 2. The lowest BCUT2D eigenvalue weighted by Crippen LogP contribution is -2.63. The number of carbonyl (C=O) groups excluding carboxylic acids is 2. The molecule has 3 heterocycles. The van der Waals surface area contributed by atoms with Gasteiger partial charge in [0.1, 0.15) is 6.04 Å². The highest BCUT2D eigenvalue weighted by Crippen LogP contribution is 2.42. The minimum absolute atomic E-state index is 0.0000378. The van der Waals surface area contributed by atoms with Crippen molar-refractivity contribution in [1.82, 2.24) is 14.8 Å². The number of fused-ring (bicyclic) bond motifs is 4. The SMILES string of the molecule is CCCCN1CC(=O)N2[C@@H](c3ccc(Cl)cc3)c3[nH]c4ccccc4c3C[C@@H]2C1=O. The summed E-state index contributed by atoms with van der Waals surface area (Å²) in [4.78, 5) is 33.8. The zero-order valence-corrected chi connectivity index (χ0v) is 17.7. The number of hydrogen-bond acceptors (Lipinski definition) is 2. The van der Waals surface area contributed by atoms with Crippen LogP contribution >= 0.6 is 11.6 Å². The Balaban J connectivity index is 1.66. The number of H-pyrrole nitrogens is 1. The molecule has 0 spiro atoms. The van der Waals surface area contributed by atoms with Crippen molar-refractivity contribution in [2.45, 2.75) is 38.3 Å². The summed E-state index contributed by atoms with van der Waals surface area (Å²) in [6.45, 7) is 2.88. The molecule has 2 aliphatic heterocycles. The fourth-order valence-corrected chi connectivity index (χ4v) is 4.98. The third-order valence-electron chi connectivity index (χ3n) is 6.31. The third kappa shape index (κ3) is 3.00. The Kier molecular flexibility index (Phi) is 4.78. The number of aromatic amines is 1. The van der Waals surface area contributed by atoms with E-state index in [1.165, 1.54) is 0 Å². The van der Waals surface area contributed by atoms with Crippen LogP contribution in [0.3, 0.4) is 0 Å². The largest absolute Gasteiger partial charge is 0.356 e. The zero-order chi connectivity index (χ0) is 20.8. The molecule has 2 amide bonds. The molecule has 3 aromatic rings. The molecule has 0 saturated carbocycles. The third-order valence-corrected chi connectivity index (χ3v) is 6.56. The molecule has 2 aromatic carbocycles. The van der Waals surface area contributed by atoms with Gasteiger partial charge in [-0.25, -0.2) is 0 Å². The van der Waals surface area contributed by atoms with Gasteiger partial charge in [-0.05, 0) is 35.7 Å². The molecule has 5 nitrogen and oxygen atoms in total. The topological polar surface area (TPSA) is 56.4 Å². The second kappa shape index (κ2) is 7.47. The predicted octanol–water partition coefficient (Wildman–Crippen LogP) is 4.31. The number of para-hydroxylation sites is 1. The maximum absolute atomic E-state index is 13.4. The molecule has 0 unspecified atom stereocenters. The molecular formula is C24H24ClN3O2. The summed E-state index contributed by atoms with van der Waals surface area (Å²) in [6.07, 6.45) is 2.44. The molecule has 1 N–H and O–H groups in total. The molecule has 5 rings (SSSR count). The lowest BCUT2D eigenvalue weighted by atomic mass is 9.86. The second-order valence-electron chi connectivity index (χ2n) is 8.15. The maximum Gasteiger partial charge on any atom is 0.246 e. The number of carbonyl (C=O) groups is 2. The Morgan fingerprint density at radius 2 is 1.87 bits per heavy atom. The Bertz CT molecular complexity index is 1120. The number of nitrogens with one attached hydrogen (secondary N) is 1. The van der Waals surface area contributed by atoms with Crippen LogP contribution in [0, 0.1) is 0 Å². The fraction of sp³-hybridized carbons (Fsp3) is 0.333. The van der Waals surface area contributed by atoms with Crippen molar-refractivity contribution in [1.29, 1.82) is 0 Å². The van der Waals surface area contributed by atoms with Gasteiger partial charge in [0.2, 0.25) is 11.8 Å². The van der Waals surface area contributed by atoms with Crippen molar-refractivity contribution in [2.75, 3.05) is 13.1 Å². The van der Waals surface area contributed by atoms with Gasteiger partial charge < -0.3 is 14.8 Å². The maximum atomic E-state index is 13.4. The van der Waals surface area contributed by atoms with E-state index >= 15 is 0 Å². The summed E-state index contributed by atoms with van der Waals surface area (Å²) < 4.78 is 0. The quantitative estimate of drug-likeness (QED) is 0.682. The van der Waals surface area contributed by atoms with E-state index in [1.807, 2.05) is 42.5 Å². The van der Waals surface area contributed by atoms with Crippen molar-refractivity contribution in [3.05, 3.63) is 70.4 Å². The monoisotopic (exact) mass is 421 g/mol. The van der Waals surface area contributed by atoms with E-state index in [1.54, 1.807) is 9.80 Å². The van der Waals surface area contributed by atoms with Crippen LogP contribution in [0.15, 0.2) is 48.5 Å². The van der Waals surface area contributed by atoms with Gasteiger partial charge in [0.05, 0.1) is 12.6 Å². The molecule has 0 bridgehead atoms. The first-order valence-corrected chi connectivity index (χ1v) is 10.9. The summed E-state index contributed by atoms with van der Waals surface area (Å²) in [7, 11) is 0. The molecule has 154 valence electrons. The Morgan fingerprint density at radius 3 is 2.63 bits per heavy atom. The van der Waals surface area contributed by atoms with Crippen LogP contribution in [0.1, 0.15) is 42.6 Å². The molecule has 6 heteroatoms. The number of hydrogen-bond donors (Lipinski definition) is 1. The van der Waals surface area contributed by atoms with Crippen LogP contribution in [0.2, 0.25) is 5.02 Å². The number of unbranched alkanes of at least 4 members (excludes halogenated alkanes) is 1. The molecule has 0 radical (unpaired) electrons. The Labute approximate surface area is 180 Å². The van der Waals surface area contributed by atoms with Gasteiger partial charge in [-0.3, -0.25) is 9.59 Å². The summed E-state index contributed by atoms with van der Waals surface area (Å²) in [5.74, 6) is 0.0536. The predicted molar refractivity (Wildman–Crippen MR) is 117 cm³/mol. The van der Waals surface area contributed by atoms with Crippen molar-refractivity contribution in [2.24, 2.45) is 0 Å². The molecule has 2 aliphatic rings. The zero-order valence-electron chi connectivity index (χ0n) is 16.9. The van der Waals surface area contributed by atoms with Gasteiger partial charge in [0.15, 0.2) is 0 Å². The number of rotatable bonds is 4. The van der Waals surface area contributed by atoms with Gasteiger partial charge in [-0.2, -0.15) is 0 Å². The smallest absolute Gasteiger partial charge is 0.246 e. The number of aromatic nitrogens is 1. The van der Waals surface area contributed by atoms with Crippen LogP contribution in [0.5, 0.6) is 0 Å². The first-order valence-electron chi connectivity index (χ1n) is 10.5. The van der Waals surface area contributed by atoms with Gasteiger partial charge >= 0.3 is 0 Å². The molecule has 1 fully saturated rings. The molecule has 30 heavy (non-hydrogen) atoms. The lowest BCUT2D eigenvalue weighted by Gasteiger charge is -2.47. The number of piperazine rings is 1. The Hall–Kier alpha value is -2.79. The van der Waals surface area contributed by atoms with Gasteiger partial charge in [-0.15, -0.1) is 0 Å². The van der Waals surface area contributed by atoms with E-state index in [9.17, 15) is 9.59 Å². The number of nitrogens with zero attached hydrogens (tertiary/aromatic N) is 2. The second-order valence-corrected chi connectivity index (χ2v) is 8.59. The average Bonchev–Trinajstić information content (AvgIpc) is 3.13.